The second kappa shape index (κ2) is 10.0. The molecule has 0 aliphatic carbocycles. The van der Waals surface area contributed by atoms with Crippen molar-refractivity contribution in [3.63, 3.8) is 0 Å². The number of anilines is 1. The lowest BCUT2D eigenvalue weighted by atomic mass is 9.86. The third-order valence-electron chi connectivity index (χ3n) is 6.11. The predicted molar refractivity (Wildman–Crippen MR) is 137 cm³/mol. The number of oxazole rings is 1. The molecule has 1 amide bonds. The Labute approximate surface area is 209 Å². The van der Waals surface area contributed by atoms with Gasteiger partial charge in [-0.3, -0.25) is 14.9 Å². The monoisotopic (exact) mass is 485 g/mol. The van der Waals surface area contributed by atoms with Gasteiger partial charge in [0, 0.05) is 50.0 Å². The highest BCUT2D eigenvalue weighted by Crippen LogP contribution is 2.26. The predicted octanol–water partition coefficient (Wildman–Crippen LogP) is 4.88. The molecule has 1 aliphatic rings. The van der Waals surface area contributed by atoms with Crippen LogP contribution >= 0.6 is 0 Å². The first-order chi connectivity index (χ1) is 17.2. The minimum absolute atomic E-state index is 0.0110. The number of amides is 1. The summed E-state index contributed by atoms with van der Waals surface area (Å²) in [5.74, 6) is 0.625. The van der Waals surface area contributed by atoms with Crippen LogP contribution in [0, 0.1) is 21.4 Å². The molecule has 36 heavy (non-hydrogen) atoms. The van der Waals surface area contributed by atoms with E-state index < -0.39 is 4.92 Å². The average Bonchev–Trinajstić information content (AvgIpc) is 3.30. The van der Waals surface area contributed by atoms with Crippen LogP contribution in [0.25, 0.3) is 12.2 Å². The molecule has 0 saturated carbocycles. The minimum Gasteiger partial charge on any atom is -0.420 e. The van der Waals surface area contributed by atoms with E-state index in [9.17, 15) is 20.2 Å². The van der Waals surface area contributed by atoms with Crippen molar-refractivity contribution in [2.45, 2.75) is 26.2 Å². The van der Waals surface area contributed by atoms with Gasteiger partial charge >= 0.3 is 0 Å². The smallest absolute Gasteiger partial charge is 0.269 e. The van der Waals surface area contributed by atoms with Gasteiger partial charge in [0.25, 0.3) is 11.6 Å². The van der Waals surface area contributed by atoms with E-state index in [1.54, 1.807) is 29.2 Å². The number of nitro groups is 1. The summed E-state index contributed by atoms with van der Waals surface area (Å²) < 4.78 is 5.85. The molecular weight excluding hydrogens is 458 g/mol. The molecule has 0 spiro atoms. The van der Waals surface area contributed by atoms with Gasteiger partial charge in [0.2, 0.25) is 17.5 Å². The number of hydrogen-bond donors (Lipinski definition) is 0. The quantitative estimate of drug-likeness (QED) is 0.373. The van der Waals surface area contributed by atoms with Crippen LogP contribution < -0.4 is 4.90 Å². The molecule has 0 bridgehead atoms. The lowest BCUT2D eigenvalue weighted by Crippen LogP contribution is -2.48. The molecule has 2 aromatic carbocycles. The summed E-state index contributed by atoms with van der Waals surface area (Å²) in [4.78, 5) is 31.3. The van der Waals surface area contributed by atoms with Crippen molar-refractivity contribution in [1.82, 2.24) is 9.88 Å². The van der Waals surface area contributed by atoms with Crippen LogP contribution in [0.3, 0.4) is 0 Å². The summed E-state index contributed by atoms with van der Waals surface area (Å²) in [7, 11) is 0. The highest BCUT2D eigenvalue weighted by atomic mass is 16.6. The standard InChI is InChI=1S/C27H27N5O4/c1-27(2,3)21-9-7-20(8-10-21)25(33)30-14-16-31(17-15-30)26-23(18-28)29-24(36-26)13-6-19-4-11-22(12-5-19)32(34)35/h4-13H,14-17H2,1-3H3/b13-6+. The molecule has 3 aromatic rings. The maximum absolute atomic E-state index is 13.0. The summed E-state index contributed by atoms with van der Waals surface area (Å²) in [5, 5.41) is 20.3. The van der Waals surface area contributed by atoms with Crippen molar-refractivity contribution in [1.29, 1.82) is 5.26 Å². The molecule has 0 unspecified atom stereocenters. The number of aromatic nitrogens is 1. The molecule has 1 aliphatic heterocycles. The molecule has 1 saturated heterocycles. The second-order valence-corrected chi connectivity index (χ2v) is 9.61. The number of nitro benzene ring substituents is 1. The fourth-order valence-corrected chi connectivity index (χ4v) is 3.97. The summed E-state index contributed by atoms with van der Waals surface area (Å²) in [6.07, 6.45) is 3.33. The number of nitriles is 1. The van der Waals surface area contributed by atoms with Crippen molar-refractivity contribution in [3.05, 3.63) is 86.9 Å². The van der Waals surface area contributed by atoms with E-state index >= 15 is 0 Å². The zero-order chi connectivity index (χ0) is 25.9. The Kier molecular flexibility index (Phi) is 6.88. The van der Waals surface area contributed by atoms with Crippen molar-refractivity contribution in [2.75, 3.05) is 31.1 Å². The largest absolute Gasteiger partial charge is 0.420 e. The van der Waals surface area contributed by atoms with Crippen LogP contribution in [0.4, 0.5) is 11.6 Å². The van der Waals surface area contributed by atoms with Crippen LogP contribution in [-0.2, 0) is 5.41 Å². The molecular formula is C27H27N5O4. The Morgan fingerprint density at radius 1 is 1.06 bits per heavy atom. The van der Waals surface area contributed by atoms with E-state index in [0.717, 1.165) is 5.56 Å². The Balaban J connectivity index is 1.40. The van der Waals surface area contributed by atoms with E-state index in [2.05, 4.69) is 31.8 Å². The van der Waals surface area contributed by atoms with Crippen molar-refractivity contribution in [2.24, 2.45) is 0 Å². The van der Waals surface area contributed by atoms with Gasteiger partial charge in [-0.1, -0.05) is 32.9 Å². The summed E-state index contributed by atoms with van der Waals surface area (Å²) >= 11 is 0. The van der Waals surface area contributed by atoms with Crippen LogP contribution in [-0.4, -0.2) is 46.9 Å². The van der Waals surface area contributed by atoms with Crippen LogP contribution in [0.5, 0.6) is 0 Å². The van der Waals surface area contributed by atoms with Crippen molar-refractivity contribution in [3.8, 4) is 6.07 Å². The Morgan fingerprint density at radius 3 is 2.25 bits per heavy atom. The SMILES string of the molecule is CC(C)(C)c1ccc(C(=O)N2CCN(c3oc(/C=C/c4ccc([N+](=O)[O-])cc4)nc3C#N)CC2)cc1. The van der Waals surface area contributed by atoms with Gasteiger partial charge in [-0.2, -0.15) is 10.2 Å². The van der Waals surface area contributed by atoms with Gasteiger partial charge in [-0.25, -0.2) is 0 Å². The van der Waals surface area contributed by atoms with Gasteiger partial charge < -0.3 is 14.2 Å². The van der Waals surface area contributed by atoms with Gasteiger partial charge in [-0.05, 0) is 46.9 Å². The second-order valence-electron chi connectivity index (χ2n) is 9.61. The van der Waals surface area contributed by atoms with E-state index in [4.69, 9.17) is 4.42 Å². The maximum atomic E-state index is 13.0. The van der Waals surface area contributed by atoms with E-state index in [0.29, 0.717) is 37.6 Å². The van der Waals surface area contributed by atoms with Crippen molar-refractivity contribution < 1.29 is 14.1 Å². The maximum Gasteiger partial charge on any atom is 0.269 e. The molecule has 2 heterocycles. The number of benzene rings is 2. The average molecular weight is 486 g/mol. The van der Waals surface area contributed by atoms with Gasteiger partial charge in [0.05, 0.1) is 4.92 Å². The number of piperazine rings is 1. The normalized spacial score (nSPS) is 14.2. The number of rotatable bonds is 5. The van der Waals surface area contributed by atoms with Gasteiger partial charge in [-0.15, -0.1) is 0 Å². The van der Waals surface area contributed by atoms with Gasteiger partial charge in [0.1, 0.15) is 6.07 Å². The molecule has 9 heteroatoms. The zero-order valence-electron chi connectivity index (χ0n) is 20.5. The third-order valence-corrected chi connectivity index (χ3v) is 6.11. The van der Waals surface area contributed by atoms with Crippen LogP contribution in [0.2, 0.25) is 0 Å². The first kappa shape index (κ1) is 24.7. The van der Waals surface area contributed by atoms with E-state index in [1.165, 1.54) is 17.7 Å². The lowest BCUT2D eigenvalue weighted by molar-refractivity contribution is -0.384. The number of carbonyl (C=O) groups excluding carboxylic acids is 1. The topological polar surface area (TPSA) is 117 Å². The van der Waals surface area contributed by atoms with E-state index in [-0.39, 0.29) is 28.6 Å². The first-order valence-corrected chi connectivity index (χ1v) is 11.6. The first-order valence-electron chi connectivity index (χ1n) is 11.6. The molecule has 1 fully saturated rings. The fourth-order valence-electron chi connectivity index (χ4n) is 3.97. The fraction of sp³-hybridized carbons (Fsp3) is 0.296. The Bertz CT molecular complexity index is 1320. The lowest BCUT2D eigenvalue weighted by Gasteiger charge is -2.34. The molecule has 0 N–H and O–H groups in total. The summed E-state index contributed by atoms with van der Waals surface area (Å²) in [6, 6.07) is 15.9. The van der Waals surface area contributed by atoms with Crippen LogP contribution in [0.15, 0.2) is 52.9 Å². The Morgan fingerprint density at radius 2 is 1.69 bits per heavy atom. The third kappa shape index (κ3) is 5.44. The summed E-state index contributed by atoms with van der Waals surface area (Å²) in [6.45, 7) is 8.44. The number of carbonyl (C=O) groups is 1. The zero-order valence-corrected chi connectivity index (χ0v) is 20.5. The number of non-ortho nitro benzene ring substituents is 1. The van der Waals surface area contributed by atoms with Crippen LogP contribution in [0.1, 0.15) is 53.8 Å². The molecule has 9 nitrogen and oxygen atoms in total. The number of hydrogen-bond acceptors (Lipinski definition) is 7. The Hall–Kier alpha value is -4.45. The molecule has 4 rings (SSSR count). The highest BCUT2D eigenvalue weighted by Gasteiger charge is 2.27. The number of nitrogens with zero attached hydrogens (tertiary/aromatic N) is 5. The molecule has 184 valence electrons. The minimum atomic E-state index is -0.455. The molecule has 1 aromatic heterocycles. The summed E-state index contributed by atoms with van der Waals surface area (Å²) in [5.41, 5.74) is 2.79. The van der Waals surface area contributed by atoms with Crippen molar-refractivity contribution >= 4 is 29.6 Å². The highest BCUT2D eigenvalue weighted by molar-refractivity contribution is 5.94. The molecule has 0 atom stereocenters. The van der Waals surface area contributed by atoms with E-state index in [1.807, 2.05) is 29.2 Å². The van der Waals surface area contributed by atoms with Gasteiger partial charge in [0.15, 0.2) is 0 Å². The molecule has 0 radical (unpaired) electrons.